The largest absolute Gasteiger partial charge is 0.441 e. The number of amides is 3. The molecule has 9 heteroatoms. The van der Waals surface area contributed by atoms with Crippen LogP contribution in [0.25, 0.3) is 0 Å². The molecule has 2 aromatic carbocycles. The van der Waals surface area contributed by atoms with E-state index in [1.165, 1.54) is 45.0 Å². The predicted octanol–water partition coefficient (Wildman–Crippen LogP) is 2.73. The lowest BCUT2D eigenvalue weighted by molar-refractivity contribution is 0.0963. The number of aliphatic hydroxyl groups excluding tert-OH is 1. The smallest absolute Gasteiger partial charge is 0.414 e. The Morgan fingerprint density at radius 1 is 0.964 bits per heavy atom. The molecule has 2 fully saturated rings. The van der Waals surface area contributed by atoms with Crippen LogP contribution >= 0.6 is 0 Å². The highest BCUT2D eigenvalue weighted by Crippen LogP contribution is 2.31. The molecular weight excluding hydrogens is 372 g/mol. The molecule has 7 nitrogen and oxygen atoms in total. The maximum absolute atomic E-state index is 14.7. The van der Waals surface area contributed by atoms with Crippen molar-refractivity contribution in [3.63, 3.8) is 0 Å². The van der Waals surface area contributed by atoms with Crippen molar-refractivity contribution in [1.29, 1.82) is 0 Å². The minimum Gasteiger partial charge on any atom is -0.441 e. The number of nitrogens with zero attached hydrogens (tertiary/aromatic N) is 3. The fourth-order valence-corrected chi connectivity index (χ4v) is 3.36. The van der Waals surface area contributed by atoms with E-state index < -0.39 is 29.9 Å². The molecular formula is C19H17F2N3O4. The number of carbonyl (C=O) groups excluding carboxylic acids is 2. The van der Waals surface area contributed by atoms with Crippen molar-refractivity contribution >= 4 is 29.2 Å². The molecule has 0 radical (unpaired) electrons. The standard InChI is InChI=1S/C19H17F2N3O4/c20-14-3-1-2-4-16(14)22-7-8-23(18(22)26)17-6-5-12(9-15(17)21)24-10-13(11-25)28-19(24)27/h1-6,9,13,25H,7-8,10-11H2/t13-/m1/s1. The van der Waals surface area contributed by atoms with Crippen LogP contribution < -0.4 is 14.7 Å². The summed E-state index contributed by atoms with van der Waals surface area (Å²) in [5.41, 5.74) is 0.445. The Kier molecular flexibility index (Phi) is 4.60. The molecule has 2 aromatic rings. The van der Waals surface area contributed by atoms with Crippen LogP contribution in [0.4, 0.5) is 35.4 Å². The Balaban J connectivity index is 1.56. The van der Waals surface area contributed by atoms with Crippen molar-refractivity contribution in [3.05, 3.63) is 54.1 Å². The minimum atomic E-state index is -0.693. The molecule has 0 aliphatic carbocycles. The molecule has 4 rings (SSSR count). The molecule has 0 aromatic heterocycles. The van der Waals surface area contributed by atoms with Crippen LogP contribution in [-0.4, -0.2) is 49.6 Å². The summed E-state index contributed by atoms with van der Waals surface area (Å²) in [5, 5.41) is 9.10. The number of hydrogen-bond acceptors (Lipinski definition) is 4. The van der Waals surface area contributed by atoms with Gasteiger partial charge in [0.2, 0.25) is 0 Å². The van der Waals surface area contributed by atoms with Crippen molar-refractivity contribution in [2.24, 2.45) is 0 Å². The van der Waals surface area contributed by atoms with E-state index in [4.69, 9.17) is 9.84 Å². The van der Waals surface area contributed by atoms with Gasteiger partial charge in [-0.2, -0.15) is 0 Å². The fraction of sp³-hybridized carbons (Fsp3) is 0.263. The van der Waals surface area contributed by atoms with Crippen LogP contribution in [0.15, 0.2) is 42.5 Å². The summed E-state index contributed by atoms with van der Waals surface area (Å²) >= 11 is 0. The lowest BCUT2D eigenvalue weighted by Crippen LogP contribution is -2.32. The Bertz CT molecular complexity index is 939. The first-order valence-corrected chi connectivity index (χ1v) is 8.71. The predicted molar refractivity (Wildman–Crippen MR) is 97.6 cm³/mol. The summed E-state index contributed by atoms with van der Waals surface area (Å²) in [5.74, 6) is -1.22. The summed E-state index contributed by atoms with van der Waals surface area (Å²) in [6.07, 6.45) is -1.33. The van der Waals surface area contributed by atoms with Crippen molar-refractivity contribution in [3.8, 4) is 0 Å². The van der Waals surface area contributed by atoms with Crippen LogP contribution in [0.5, 0.6) is 0 Å². The quantitative estimate of drug-likeness (QED) is 0.873. The molecule has 28 heavy (non-hydrogen) atoms. The molecule has 2 heterocycles. The van der Waals surface area contributed by atoms with E-state index in [0.717, 1.165) is 6.07 Å². The van der Waals surface area contributed by atoms with Crippen LogP contribution in [-0.2, 0) is 4.74 Å². The molecule has 0 spiro atoms. The summed E-state index contributed by atoms with van der Waals surface area (Å²) < 4.78 is 33.7. The van der Waals surface area contributed by atoms with Gasteiger partial charge in [-0.05, 0) is 30.3 Å². The number of carbonyl (C=O) groups is 2. The Morgan fingerprint density at radius 3 is 2.25 bits per heavy atom. The Morgan fingerprint density at radius 2 is 1.64 bits per heavy atom. The molecule has 0 saturated carbocycles. The van der Waals surface area contributed by atoms with Crippen LogP contribution in [0.2, 0.25) is 0 Å². The van der Waals surface area contributed by atoms with Gasteiger partial charge in [0.05, 0.1) is 30.2 Å². The highest BCUT2D eigenvalue weighted by molar-refractivity contribution is 6.06. The number of halogens is 2. The highest BCUT2D eigenvalue weighted by atomic mass is 19.1. The van der Waals surface area contributed by atoms with Crippen molar-refractivity contribution in [2.75, 3.05) is 40.9 Å². The molecule has 0 unspecified atom stereocenters. The number of cyclic esters (lactones) is 1. The highest BCUT2D eigenvalue weighted by Gasteiger charge is 2.35. The fourth-order valence-electron chi connectivity index (χ4n) is 3.36. The maximum atomic E-state index is 14.7. The zero-order valence-corrected chi connectivity index (χ0v) is 14.7. The van der Waals surface area contributed by atoms with Gasteiger partial charge >= 0.3 is 12.1 Å². The topological polar surface area (TPSA) is 73.3 Å². The normalized spacial score (nSPS) is 19.5. The monoisotopic (exact) mass is 389 g/mol. The summed E-state index contributed by atoms with van der Waals surface area (Å²) in [6, 6.07) is 9.40. The van der Waals surface area contributed by atoms with E-state index in [1.54, 1.807) is 6.07 Å². The van der Waals surface area contributed by atoms with Gasteiger partial charge < -0.3 is 9.84 Å². The number of aliphatic hydroxyl groups is 1. The Hall–Kier alpha value is -3.20. The van der Waals surface area contributed by atoms with Crippen LogP contribution in [0.3, 0.4) is 0 Å². The zero-order valence-electron chi connectivity index (χ0n) is 14.7. The second-order valence-corrected chi connectivity index (χ2v) is 6.47. The number of ether oxygens (including phenoxy) is 1. The van der Waals surface area contributed by atoms with Gasteiger partial charge in [0.25, 0.3) is 0 Å². The van der Waals surface area contributed by atoms with E-state index >= 15 is 0 Å². The average Bonchev–Trinajstić information content (AvgIpc) is 3.25. The third-order valence-electron chi connectivity index (χ3n) is 4.76. The molecule has 3 amide bonds. The number of hydrogen-bond donors (Lipinski definition) is 1. The lowest BCUT2D eigenvalue weighted by Gasteiger charge is -2.21. The maximum Gasteiger partial charge on any atom is 0.414 e. The van der Waals surface area contributed by atoms with Crippen molar-refractivity contribution in [1.82, 2.24) is 0 Å². The van der Waals surface area contributed by atoms with E-state index in [-0.39, 0.29) is 43.3 Å². The van der Waals surface area contributed by atoms with Gasteiger partial charge in [-0.25, -0.2) is 18.4 Å². The van der Waals surface area contributed by atoms with Gasteiger partial charge in [-0.1, -0.05) is 12.1 Å². The second-order valence-electron chi connectivity index (χ2n) is 6.47. The molecule has 0 bridgehead atoms. The van der Waals surface area contributed by atoms with Gasteiger partial charge in [0.1, 0.15) is 17.7 Å². The first-order chi connectivity index (χ1) is 13.5. The molecule has 2 aliphatic heterocycles. The molecule has 1 atom stereocenters. The average molecular weight is 389 g/mol. The van der Waals surface area contributed by atoms with Crippen molar-refractivity contribution < 1.29 is 28.2 Å². The number of anilines is 3. The minimum absolute atomic E-state index is 0.0406. The number of para-hydroxylation sites is 1. The first kappa shape index (κ1) is 18.2. The lowest BCUT2D eigenvalue weighted by atomic mass is 10.2. The first-order valence-electron chi connectivity index (χ1n) is 8.71. The Labute approximate surface area is 159 Å². The molecule has 2 saturated heterocycles. The summed E-state index contributed by atoms with van der Waals surface area (Å²) in [4.78, 5) is 28.2. The third kappa shape index (κ3) is 3.03. The molecule has 146 valence electrons. The van der Waals surface area contributed by atoms with Gasteiger partial charge in [0, 0.05) is 13.1 Å². The third-order valence-corrected chi connectivity index (χ3v) is 4.76. The number of urea groups is 1. The van der Waals surface area contributed by atoms with E-state index in [0.29, 0.717) is 0 Å². The summed E-state index contributed by atoms with van der Waals surface area (Å²) in [6.45, 7) is 0.203. The summed E-state index contributed by atoms with van der Waals surface area (Å²) in [7, 11) is 0. The van der Waals surface area contributed by atoms with Gasteiger partial charge in [-0.3, -0.25) is 14.7 Å². The van der Waals surface area contributed by atoms with Gasteiger partial charge in [0.15, 0.2) is 0 Å². The molecule has 1 N–H and O–H groups in total. The van der Waals surface area contributed by atoms with Crippen LogP contribution in [0.1, 0.15) is 0 Å². The van der Waals surface area contributed by atoms with E-state index in [2.05, 4.69) is 0 Å². The SMILES string of the molecule is O=C1O[C@@H](CO)CN1c1ccc(N2CCN(c3ccccc3F)C2=O)c(F)c1. The number of rotatable bonds is 4. The van der Waals surface area contributed by atoms with Crippen molar-refractivity contribution in [2.45, 2.75) is 6.10 Å². The molecule has 2 aliphatic rings. The van der Waals surface area contributed by atoms with E-state index in [1.807, 2.05) is 0 Å². The number of benzene rings is 2. The van der Waals surface area contributed by atoms with Gasteiger partial charge in [-0.15, -0.1) is 0 Å². The second kappa shape index (κ2) is 7.08. The van der Waals surface area contributed by atoms with Crippen LogP contribution in [0, 0.1) is 11.6 Å². The van der Waals surface area contributed by atoms with E-state index in [9.17, 15) is 18.4 Å². The zero-order chi connectivity index (χ0) is 19.8.